The number of nitrogens with zero attached hydrogens (tertiary/aromatic N) is 1. The Morgan fingerprint density at radius 2 is 1.91 bits per heavy atom. The van der Waals surface area contributed by atoms with E-state index in [0.29, 0.717) is 0 Å². The summed E-state index contributed by atoms with van der Waals surface area (Å²) in [4.78, 5) is 1.83. The molecule has 0 saturated heterocycles. The molecule has 1 rings (SSSR count). The molecule has 56 valence electrons. The lowest BCUT2D eigenvalue weighted by Crippen LogP contribution is -2.07. The van der Waals surface area contributed by atoms with Crippen LogP contribution in [0.1, 0.15) is 0 Å². The van der Waals surface area contributed by atoms with Crippen LogP contribution in [0.25, 0.3) is 0 Å². The van der Waals surface area contributed by atoms with Gasteiger partial charge in [-0.1, -0.05) is 30.8 Å². The molecule has 0 aliphatic carbocycles. The Morgan fingerprint density at radius 3 is 2.45 bits per heavy atom. The molecule has 0 radical (unpaired) electrons. The lowest BCUT2D eigenvalue weighted by atomic mass is 10.3. The zero-order valence-corrected chi connectivity index (χ0v) is 7.18. The van der Waals surface area contributed by atoms with Crippen molar-refractivity contribution in [2.45, 2.75) is 0 Å². The lowest BCUT2D eigenvalue weighted by molar-refractivity contribution is 1.25. The Labute approximate surface area is 72.4 Å². The fourth-order valence-electron chi connectivity index (χ4n) is 0.791. The summed E-state index contributed by atoms with van der Waals surface area (Å²) in [6.07, 6.45) is 0. The summed E-state index contributed by atoms with van der Waals surface area (Å²) in [6, 6.07) is 12.7. The Hall–Kier alpha value is -1.07. The highest BCUT2D eigenvalue weighted by atomic mass is 32.1. The average Bonchev–Trinajstić information content (AvgIpc) is 2.07. The van der Waals surface area contributed by atoms with Gasteiger partial charge >= 0.3 is 0 Å². The van der Waals surface area contributed by atoms with Crippen LogP contribution >= 0.6 is 12.6 Å². The van der Waals surface area contributed by atoms with Gasteiger partial charge in [0.15, 0.2) is 0 Å². The van der Waals surface area contributed by atoms with Crippen molar-refractivity contribution in [1.82, 2.24) is 0 Å². The van der Waals surface area contributed by atoms with Crippen molar-refractivity contribution in [3.63, 3.8) is 0 Å². The second-order valence-electron chi connectivity index (χ2n) is 2.12. The van der Waals surface area contributed by atoms with Crippen molar-refractivity contribution in [2.75, 3.05) is 11.9 Å². The number of anilines is 1. The zero-order valence-electron chi connectivity index (χ0n) is 6.28. The number of rotatable bonds is 1. The monoisotopic (exact) mass is 163 g/mol. The maximum absolute atomic E-state index is 3.81. The van der Waals surface area contributed by atoms with E-state index in [1.807, 2.05) is 42.3 Å². The third-order valence-corrected chi connectivity index (χ3v) is 1.46. The standard InChI is InChI=1S/C9H9NS/c1-10(7-8-11)9-5-3-2-4-6-9/h2-6,11H,1H3. The van der Waals surface area contributed by atoms with E-state index < -0.39 is 0 Å². The number of para-hydroxylation sites is 1. The number of thiol groups is 1. The van der Waals surface area contributed by atoms with E-state index >= 15 is 0 Å². The highest BCUT2D eigenvalue weighted by Crippen LogP contribution is 2.08. The van der Waals surface area contributed by atoms with Gasteiger partial charge in [0.25, 0.3) is 0 Å². The van der Waals surface area contributed by atoms with Crippen LogP contribution in [-0.2, 0) is 0 Å². The van der Waals surface area contributed by atoms with Crippen LogP contribution in [0.5, 0.6) is 0 Å². The van der Waals surface area contributed by atoms with E-state index in [-0.39, 0.29) is 0 Å². The van der Waals surface area contributed by atoms with Crippen LogP contribution in [0.2, 0.25) is 0 Å². The van der Waals surface area contributed by atoms with E-state index in [1.54, 1.807) is 0 Å². The molecule has 0 heterocycles. The van der Waals surface area contributed by atoms with Gasteiger partial charge in [0.2, 0.25) is 0 Å². The molecule has 0 amide bonds. The minimum atomic E-state index is 1.08. The minimum absolute atomic E-state index is 1.08. The molecule has 0 aromatic heterocycles. The molecule has 0 aliphatic rings. The summed E-state index contributed by atoms with van der Waals surface area (Å²) in [7, 11) is 1.90. The third-order valence-electron chi connectivity index (χ3n) is 1.36. The fourth-order valence-corrected chi connectivity index (χ4v) is 0.941. The van der Waals surface area contributed by atoms with Gasteiger partial charge in [0.1, 0.15) is 0 Å². The van der Waals surface area contributed by atoms with Gasteiger partial charge in [-0.05, 0) is 17.4 Å². The van der Waals surface area contributed by atoms with E-state index in [0.717, 1.165) is 5.69 Å². The van der Waals surface area contributed by atoms with Crippen LogP contribution in [0, 0.1) is 11.3 Å². The maximum Gasteiger partial charge on any atom is 0.0486 e. The number of benzene rings is 1. The lowest BCUT2D eigenvalue weighted by Gasteiger charge is -2.09. The number of hydrogen-bond acceptors (Lipinski definition) is 2. The van der Waals surface area contributed by atoms with Crippen LogP contribution in [0.3, 0.4) is 0 Å². The molecule has 0 saturated carbocycles. The summed E-state index contributed by atoms with van der Waals surface area (Å²) in [5.74, 6) is 0. The van der Waals surface area contributed by atoms with Gasteiger partial charge < -0.3 is 4.90 Å². The van der Waals surface area contributed by atoms with E-state index in [2.05, 4.69) is 23.9 Å². The largest absolute Gasteiger partial charge is 0.304 e. The van der Waals surface area contributed by atoms with Crippen molar-refractivity contribution in [3.05, 3.63) is 30.3 Å². The highest BCUT2D eigenvalue weighted by molar-refractivity contribution is 7.85. The van der Waals surface area contributed by atoms with E-state index in [1.165, 1.54) is 0 Å². The smallest absolute Gasteiger partial charge is 0.0486 e. The summed E-state index contributed by atoms with van der Waals surface area (Å²) in [6.45, 7) is 0. The molecule has 0 fully saturated rings. The Bertz CT molecular complexity index is 271. The van der Waals surface area contributed by atoms with Crippen LogP contribution < -0.4 is 4.90 Å². The molecule has 11 heavy (non-hydrogen) atoms. The average molecular weight is 163 g/mol. The van der Waals surface area contributed by atoms with E-state index in [4.69, 9.17) is 0 Å². The molecule has 1 nitrogen and oxygen atoms in total. The van der Waals surface area contributed by atoms with Crippen molar-refractivity contribution < 1.29 is 0 Å². The molecule has 0 N–H and O–H groups in total. The predicted molar refractivity (Wildman–Crippen MR) is 51.6 cm³/mol. The Morgan fingerprint density at radius 1 is 1.27 bits per heavy atom. The molecule has 0 atom stereocenters. The molecule has 0 aliphatic heterocycles. The SMILES string of the molecule is CN(C#CS)c1ccccc1. The van der Waals surface area contributed by atoms with Gasteiger partial charge in [-0.3, -0.25) is 0 Å². The molecule has 0 bridgehead atoms. The molecular formula is C9H9NS. The second-order valence-corrected chi connectivity index (χ2v) is 2.34. The van der Waals surface area contributed by atoms with E-state index in [9.17, 15) is 0 Å². The molecule has 1 aromatic carbocycles. The highest BCUT2D eigenvalue weighted by Gasteiger charge is 1.91. The molecule has 0 unspecified atom stereocenters. The first-order valence-corrected chi connectivity index (χ1v) is 3.73. The first-order valence-electron chi connectivity index (χ1n) is 3.28. The quantitative estimate of drug-likeness (QED) is 0.376. The first-order chi connectivity index (χ1) is 5.34. The van der Waals surface area contributed by atoms with Crippen molar-refractivity contribution in [1.29, 1.82) is 0 Å². The fraction of sp³-hybridized carbons (Fsp3) is 0.111. The maximum atomic E-state index is 3.81. The van der Waals surface area contributed by atoms with Gasteiger partial charge in [0.05, 0.1) is 0 Å². The normalized spacial score (nSPS) is 8.18. The summed E-state index contributed by atoms with van der Waals surface area (Å²) in [5, 5.41) is 2.54. The van der Waals surface area contributed by atoms with Gasteiger partial charge in [-0.15, -0.1) is 0 Å². The van der Waals surface area contributed by atoms with Crippen molar-refractivity contribution in [2.24, 2.45) is 0 Å². The van der Waals surface area contributed by atoms with Gasteiger partial charge in [0, 0.05) is 18.8 Å². The zero-order chi connectivity index (χ0) is 8.10. The van der Waals surface area contributed by atoms with Crippen molar-refractivity contribution in [3.8, 4) is 11.3 Å². The Balaban J connectivity index is 2.82. The molecular weight excluding hydrogens is 154 g/mol. The third kappa shape index (κ3) is 2.21. The number of hydrogen-bond donors (Lipinski definition) is 1. The molecule has 1 aromatic rings. The second kappa shape index (κ2) is 3.95. The van der Waals surface area contributed by atoms with Crippen molar-refractivity contribution >= 4 is 18.3 Å². The van der Waals surface area contributed by atoms with Crippen LogP contribution in [-0.4, -0.2) is 7.05 Å². The minimum Gasteiger partial charge on any atom is -0.304 e. The molecule has 2 heteroatoms. The summed E-state index contributed by atoms with van der Waals surface area (Å²) in [5.41, 5.74) is 1.08. The van der Waals surface area contributed by atoms with Crippen LogP contribution in [0.4, 0.5) is 5.69 Å². The Kier molecular flexibility index (Phi) is 2.88. The summed E-state index contributed by atoms with van der Waals surface area (Å²) < 4.78 is 0. The predicted octanol–water partition coefficient (Wildman–Crippen LogP) is 1.97. The van der Waals surface area contributed by atoms with Gasteiger partial charge in [-0.2, -0.15) is 0 Å². The topological polar surface area (TPSA) is 3.24 Å². The van der Waals surface area contributed by atoms with Gasteiger partial charge in [-0.25, -0.2) is 0 Å². The summed E-state index contributed by atoms with van der Waals surface area (Å²) >= 11 is 3.81. The molecule has 0 spiro atoms. The first kappa shape index (κ1) is 8.03. The van der Waals surface area contributed by atoms with Crippen LogP contribution in [0.15, 0.2) is 30.3 Å².